The second-order valence-corrected chi connectivity index (χ2v) is 31.8. The minimum absolute atomic E-state index is 0.0130. The van der Waals surface area contributed by atoms with Crippen LogP contribution in [-0.4, -0.2) is 289 Å². The van der Waals surface area contributed by atoms with Crippen LogP contribution in [-0.2, 0) is 79.7 Å². The van der Waals surface area contributed by atoms with Gasteiger partial charge in [-0.2, -0.15) is 13.2 Å². The molecule has 3 saturated heterocycles. The first kappa shape index (κ1) is 86.6. The van der Waals surface area contributed by atoms with Crippen LogP contribution in [0.3, 0.4) is 0 Å². The van der Waals surface area contributed by atoms with Crippen molar-refractivity contribution in [3.05, 3.63) is 34.3 Å². The lowest BCUT2D eigenvalue weighted by atomic mass is 9.84. The molecule has 6 aliphatic rings. The third kappa shape index (κ3) is 21.2. The zero-order valence-electron chi connectivity index (χ0n) is 65.2. The molecule has 3 heterocycles. The Balaban J connectivity index is 1.34. The van der Waals surface area contributed by atoms with Gasteiger partial charge < -0.3 is 69.7 Å². The summed E-state index contributed by atoms with van der Waals surface area (Å²) in [4.78, 5) is 209. The van der Waals surface area contributed by atoms with Crippen LogP contribution in [0.5, 0.6) is 0 Å². The van der Waals surface area contributed by atoms with Crippen LogP contribution in [0.4, 0.5) is 13.2 Å². The van der Waals surface area contributed by atoms with Crippen LogP contribution in [0, 0.1) is 23.7 Å². The van der Waals surface area contributed by atoms with E-state index >= 15 is 38.4 Å². The molecule has 0 radical (unpaired) electrons. The summed E-state index contributed by atoms with van der Waals surface area (Å²) >= 11 is 6.19. The van der Waals surface area contributed by atoms with Gasteiger partial charge in [0, 0.05) is 89.5 Å². The Morgan fingerprint density at radius 3 is 1.86 bits per heavy atom. The Bertz CT molecular complexity index is 3380. The number of amides is 13. The number of aryl methyl sites for hydroxylation is 1. The van der Waals surface area contributed by atoms with Crippen LogP contribution in [0.1, 0.15) is 181 Å². The summed E-state index contributed by atoms with van der Waals surface area (Å²) in [5, 5.41) is 8.05. The Hall–Kier alpha value is -7.63. The molecule has 1 aromatic carbocycles. The Labute approximate surface area is 633 Å². The lowest BCUT2D eigenvalue weighted by Crippen LogP contribution is -2.65. The number of likely N-dealkylation sites (N-methyl/N-ethyl adjacent to an activating group) is 7. The van der Waals surface area contributed by atoms with Crippen molar-refractivity contribution in [3.63, 3.8) is 0 Å². The fraction of sp³-hybridized carbons (Fsp3) is 0.750. The summed E-state index contributed by atoms with van der Waals surface area (Å²) in [6, 6.07) is -8.72. The van der Waals surface area contributed by atoms with Gasteiger partial charge in [0.25, 0.3) is 0 Å². The molecule has 10 atom stereocenters. The number of carbonyl (C=O) groups excluding carboxylic acids is 13. The third-order valence-corrected chi connectivity index (χ3v) is 23.8. The van der Waals surface area contributed by atoms with Crippen LogP contribution >= 0.6 is 11.6 Å². The lowest BCUT2D eigenvalue weighted by Gasteiger charge is -2.45. The molecule has 27 nitrogen and oxygen atoms in total. The minimum atomic E-state index is -4.80. The van der Waals surface area contributed by atoms with Gasteiger partial charge in [0.1, 0.15) is 59.9 Å². The predicted molar refractivity (Wildman–Crippen MR) is 393 cm³/mol. The number of morpholine rings is 1. The smallest absolute Gasteiger partial charge is 0.378 e. The molecule has 0 bridgehead atoms. The van der Waals surface area contributed by atoms with Crippen molar-refractivity contribution in [1.82, 2.24) is 64.9 Å². The fourth-order valence-electron chi connectivity index (χ4n) is 16.1. The van der Waals surface area contributed by atoms with Gasteiger partial charge in [-0.05, 0) is 112 Å². The maximum atomic E-state index is 15.9. The van der Waals surface area contributed by atoms with Crippen molar-refractivity contribution >= 4 is 88.4 Å². The molecular formula is C76H117ClF3N13O14. The average Bonchev–Trinajstić information content (AvgIpc) is 1.77. The van der Waals surface area contributed by atoms with Crippen molar-refractivity contribution in [2.24, 2.45) is 23.7 Å². The van der Waals surface area contributed by atoms with Crippen LogP contribution in [0.25, 0.3) is 0 Å². The second kappa shape index (κ2) is 38.1. The molecule has 13 amide bonds. The van der Waals surface area contributed by atoms with E-state index in [4.69, 9.17) is 16.3 Å². The average molecular weight is 1530 g/mol. The first-order chi connectivity index (χ1) is 50.3. The molecule has 1 spiro atoms. The molecule has 107 heavy (non-hydrogen) atoms. The van der Waals surface area contributed by atoms with E-state index in [0.717, 1.165) is 54.0 Å². The second-order valence-electron chi connectivity index (χ2n) is 31.4. The molecule has 7 rings (SSSR count). The summed E-state index contributed by atoms with van der Waals surface area (Å²) in [5.41, 5.74) is -2.59. The molecule has 3 aliphatic heterocycles. The van der Waals surface area contributed by atoms with E-state index in [1.54, 1.807) is 6.92 Å². The van der Waals surface area contributed by atoms with Crippen LogP contribution < -0.4 is 16.0 Å². The first-order valence-electron chi connectivity index (χ1n) is 38.3. The molecule has 3 N–H and O–H groups in total. The fourth-order valence-corrected chi connectivity index (χ4v) is 16.4. The molecular weight excluding hydrogens is 1410 g/mol. The monoisotopic (exact) mass is 1530 g/mol. The van der Waals surface area contributed by atoms with Gasteiger partial charge in [-0.3, -0.25) is 62.3 Å². The number of ether oxygens (including phenoxy) is 1. The third-order valence-electron chi connectivity index (χ3n) is 23.4. The van der Waals surface area contributed by atoms with Crippen LogP contribution in [0.2, 0.25) is 5.02 Å². The van der Waals surface area contributed by atoms with E-state index in [1.165, 1.54) is 116 Å². The number of carbonyl (C=O) groups is 13. The Kier molecular flexibility index (Phi) is 30.9. The number of halogens is 4. The van der Waals surface area contributed by atoms with E-state index < -0.39 is 178 Å². The number of nitrogens with one attached hydrogen (secondary N) is 3. The number of fused-ring (bicyclic) bond motifs is 1. The summed E-state index contributed by atoms with van der Waals surface area (Å²) in [5.74, 6) is -10.0. The highest BCUT2D eigenvalue weighted by Gasteiger charge is 2.52. The predicted octanol–water partition coefficient (Wildman–Crippen LogP) is 5.11. The molecule has 1 aromatic rings. The highest BCUT2D eigenvalue weighted by molar-refractivity contribution is 6.31. The van der Waals surface area contributed by atoms with Gasteiger partial charge >= 0.3 is 6.18 Å². The SMILES string of the molecule is CC[C@H](C)[C@@H]1NC(=O)[C@H](CC(C)C)N(C)C(=O)C[C@@H](C(=O)N2CCOCC2)N(C)C(=O)[C@H](C2CCCC2)N(C)C(=O)C2(CCCC2)NC(=O)[C@H](CCC(=O)N(C)C)N(C)C(=O)[C@H](CCc2ccc(C(F)(F)F)c(Cl)c2)NC(=O)CN(C)C(=O)[C@H](CC2CCCCC2)N(C)C(=O)[C@@H]2CCN2C(=O)[C@H](C)N(C)C1=O. The maximum absolute atomic E-state index is 15.9. The summed E-state index contributed by atoms with van der Waals surface area (Å²) in [6.45, 7) is 8.85. The highest BCUT2D eigenvalue weighted by atomic mass is 35.5. The number of alkyl halides is 3. The largest absolute Gasteiger partial charge is 0.417 e. The van der Waals surface area contributed by atoms with Crippen LogP contribution in [0.15, 0.2) is 18.2 Å². The maximum Gasteiger partial charge on any atom is 0.417 e. The molecule has 0 unspecified atom stereocenters. The summed E-state index contributed by atoms with van der Waals surface area (Å²) in [6.07, 6.45) is 1.97. The van der Waals surface area contributed by atoms with Crippen molar-refractivity contribution in [3.8, 4) is 0 Å². The van der Waals surface area contributed by atoms with E-state index in [1.807, 2.05) is 20.8 Å². The normalized spacial score (nSPS) is 27.1. The number of benzene rings is 1. The molecule has 3 saturated carbocycles. The zero-order chi connectivity index (χ0) is 79.3. The van der Waals surface area contributed by atoms with Gasteiger partial charge in [0.2, 0.25) is 76.8 Å². The molecule has 6 fully saturated rings. The lowest BCUT2D eigenvalue weighted by molar-refractivity contribution is -0.160. The Morgan fingerprint density at radius 2 is 1.29 bits per heavy atom. The number of nitrogens with zero attached hydrogens (tertiary/aromatic N) is 10. The van der Waals surface area contributed by atoms with Gasteiger partial charge in [-0.15, -0.1) is 0 Å². The van der Waals surface area contributed by atoms with E-state index in [0.29, 0.717) is 44.9 Å². The Morgan fingerprint density at radius 1 is 0.673 bits per heavy atom. The van der Waals surface area contributed by atoms with Crippen molar-refractivity contribution in [2.75, 3.05) is 103 Å². The van der Waals surface area contributed by atoms with Crippen molar-refractivity contribution in [1.29, 1.82) is 0 Å². The van der Waals surface area contributed by atoms with E-state index in [9.17, 15) is 37.1 Å². The topological polar surface area (TPSA) is 300 Å². The van der Waals surface area contributed by atoms with Gasteiger partial charge in [0.15, 0.2) is 0 Å². The molecule has 0 aromatic heterocycles. The summed E-state index contributed by atoms with van der Waals surface area (Å²) in [7, 11) is 12.8. The highest BCUT2D eigenvalue weighted by Crippen LogP contribution is 2.39. The standard InChI is InChI=1S/C76H117ClF3N13O14/c1-15-47(4)63-72(104)86(9)48(5)67(99)93-36-33-56(93)70(102)89(12)58(43-49-23-17-16-18-24-49)69(101)85(8)45-60(94)81-54(30-28-50-27-29-52(53(77)42-50)76(78,79)80)68(100)88(11)55(31-32-61(95)84(6)7)66(98)83-75(34-21-22-35-75)74(106)91(14)64(51-25-19-20-26-51)73(105)90(13)59(71(103)92-37-39-107-40-38-92)44-62(96)87(10)57(41-46(2)3)65(97)82-63/h27,29,42,46-49,51,54-59,63-64H,15-26,28,30-41,43-45H2,1-14H3,(H,81,94)(H,82,97)(H,83,98)/t47-,48-,54-,55-,56-,57-,58-,59-,63-,64-/m0/s1. The van der Waals surface area contributed by atoms with Gasteiger partial charge in [-0.25, -0.2) is 0 Å². The summed E-state index contributed by atoms with van der Waals surface area (Å²) < 4.78 is 47.6. The van der Waals surface area contributed by atoms with Crippen molar-refractivity contribution in [2.45, 2.75) is 242 Å². The number of rotatable bonds is 14. The van der Waals surface area contributed by atoms with E-state index in [2.05, 4.69) is 16.0 Å². The number of hydrogen-bond donors (Lipinski definition) is 3. The minimum Gasteiger partial charge on any atom is -0.378 e. The molecule has 3 aliphatic carbocycles. The van der Waals surface area contributed by atoms with Crippen molar-refractivity contribution < 1.29 is 80.2 Å². The number of hydrogen-bond acceptors (Lipinski definition) is 14. The van der Waals surface area contributed by atoms with Gasteiger partial charge in [-0.1, -0.05) is 110 Å². The van der Waals surface area contributed by atoms with Gasteiger partial charge in [0.05, 0.1) is 36.8 Å². The zero-order valence-corrected chi connectivity index (χ0v) is 66.0. The molecule has 598 valence electrons. The quantitative estimate of drug-likeness (QED) is 0.218. The molecule has 31 heteroatoms. The van der Waals surface area contributed by atoms with E-state index in [-0.39, 0.29) is 108 Å². The first-order valence-corrected chi connectivity index (χ1v) is 38.7.